The van der Waals surface area contributed by atoms with Crippen LogP contribution in [0.3, 0.4) is 0 Å². The van der Waals surface area contributed by atoms with E-state index in [9.17, 15) is 4.79 Å². The normalized spacial score (nSPS) is 19.0. The van der Waals surface area contributed by atoms with Gasteiger partial charge in [0.25, 0.3) is 0 Å². The molecule has 0 aromatic carbocycles. The lowest BCUT2D eigenvalue weighted by Gasteiger charge is -2.30. The zero-order valence-corrected chi connectivity index (χ0v) is 11.0. The number of nitrogens with zero attached hydrogens (tertiary/aromatic N) is 3. The third kappa shape index (κ3) is 2.49. The van der Waals surface area contributed by atoms with Crippen LogP contribution in [0.25, 0.3) is 11.3 Å². The van der Waals surface area contributed by atoms with Gasteiger partial charge in [-0.2, -0.15) is 5.10 Å². The lowest BCUT2D eigenvalue weighted by atomic mass is 9.98. The van der Waals surface area contributed by atoms with Crippen LogP contribution in [0.15, 0.2) is 30.6 Å². The van der Waals surface area contributed by atoms with Crippen LogP contribution in [0.2, 0.25) is 0 Å². The zero-order valence-electron chi connectivity index (χ0n) is 11.0. The molecule has 0 saturated carbocycles. The fraction of sp³-hybridized carbons (Fsp3) is 0.357. The maximum atomic E-state index is 11.1. The van der Waals surface area contributed by atoms with E-state index in [0.717, 1.165) is 36.5 Å². The molecule has 6 heteroatoms. The molecule has 1 fully saturated rings. The van der Waals surface area contributed by atoms with Crippen molar-refractivity contribution in [1.29, 1.82) is 0 Å². The molecule has 0 radical (unpaired) electrons. The molecule has 2 aromatic heterocycles. The van der Waals surface area contributed by atoms with Crippen molar-refractivity contribution in [2.24, 2.45) is 5.92 Å². The lowest BCUT2D eigenvalue weighted by Crippen LogP contribution is -2.38. The topological polar surface area (TPSA) is 82.1 Å². The molecule has 0 amide bonds. The largest absolute Gasteiger partial charge is 0.481 e. The third-order valence-electron chi connectivity index (χ3n) is 3.65. The van der Waals surface area contributed by atoms with Gasteiger partial charge in [0.2, 0.25) is 0 Å². The van der Waals surface area contributed by atoms with Crippen molar-refractivity contribution in [2.75, 3.05) is 18.0 Å². The second-order valence-corrected chi connectivity index (χ2v) is 5.00. The molecule has 20 heavy (non-hydrogen) atoms. The van der Waals surface area contributed by atoms with Crippen LogP contribution < -0.4 is 4.90 Å². The molecule has 1 aliphatic rings. The van der Waals surface area contributed by atoms with Crippen molar-refractivity contribution in [3.05, 3.63) is 30.6 Å². The van der Waals surface area contributed by atoms with Crippen molar-refractivity contribution >= 4 is 11.8 Å². The van der Waals surface area contributed by atoms with Crippen molar-refractivity contribution in [1.82, 2.24) is 15.2 Å². The first-order valence-electron chi connectivity index (χ1n) is 6.67. The molecular formula is C14H16N4O2. The van der Waals surface area contributed by atoms with Gasteiger partial charge in [-0.1, -0.05) is 0 Å². The summed E-state index contributed by atoms with van der Waals surface area (Å²) in [5.41, 5.74) is 1.94. The van der Waals surface area contributed by atoms with Crippen LogP contribution in [-0.2, 0) is 4.79 Å². The van der Waals surface area contributed by atoms with Gasteiger partial charge in [-0.25, -0.2) is 0 Å². The van der Waals surface area contributed by atoms with Gasteiger partial charge >= 0.3 is 5.97 Å². The summed E-state index contributed by atoms with van der Waals surface area (Å²) in [6.07, 6.45) is 5.09. The summed E-state index contributed by atoms with van der Waals surface area (Å²) in [4.78, 5) is 17.1. The average Bonchev–Trinajstić information content (AvgIpc) is 2.98. The summed E-state index contributed by atoms with van der Waals surface area (Å²) >= 11 is 0. The Morgan fingerprint density at radius 2 is 2.20 bits per heavy atom. The number of H-pyrrole nitrogens is 1. The predicted octanol–water partition coefficient (Wildman–Crippen LogP) is 1.77. The van der Waals surface area contributed by atoms with Crippen molar-refractivity contribution in [3.8, 4) is 11.3 Å². The number of aromatic amines is 1. The highest BCUT2D eigenvalue weighted by Gasteiger charge is 2.26. The highest BCUT2D eigenvalue weighted by molar-refractivity contribution is 5.71. The first-order valence-corrected chi connectivity index (χ1v) is 6.67. The van der Waals surface area contributed by atoms with E-state index in [1.807, 2.05) is 23.1 Å². The van der Waals surface area contributed by atoms with Gasteiger partial charge in [-0.3, -0.25) is 14.9 Å². The summed E-state index contributed by atoms with van der Waals surface area (Å²) in [5.74, 6) is -0.216. The molecular weight excluding hydrogens is 256 g/mol. The van der Waals surface area contributed by atoms with Gasteiger partial charge in [0.15, 0.2) is 5.82 Å². The molecule has 2 N–H and O–H groups in total. The molecule has 104 valence electrons. The molecule has 1 saturated heterocycles. The zero-order chi connectivity index (χ0) is 13.9. The number of rotatable bonds is 3. The lowest BCUT2D eigenvalue weighted by molar-refractivity contribution is -0.141. The number of anilines is 1. The van der Waals surface area contributed by atoms with Crippen LogP contribution in [0.4, 0.5) is 5.82 Å². The number of pyridine rings is 1. The fourth-order valence-corrected chi connectivity index (χ4v) is 2.54. The maximum Gasteiger partial charge on any atom is 0.308 e. The Morgan fingerprint density at radius 1 is 1.40 bits per heavy atom. The van der Waals surface area contributed by atoms with E-state index in [-0.39, 0.29) is 5.92 Å². The van der Waals surface area contributed by atoms with E-state index in [4.69, 9.17) is 5.11 Å². The molecule has 1 atom stereocenters. The Labute approximate surface area is 116 Å². The number of aromatic nitrogens is 3. The number of carbonyl (C=O) groups is 1. The second kappa shape index (κ2) is 5.32. The highest BCUT2D eigenvalue weighted by Crippen LogP contribution is 2.25. The van der Waals surface area contributed by atoms with Gasteiger partial charge in [-0.15, -0.1) is 0 Å². The Hall–Kier alpha value is -2.37. The standard InChI is InChI=1S/C14H16N4O2/c19-14(20)11-2-1-7-18(9-11)13-8-12(16-17-13)10-3-5-15-6-4-10/h3-6,8,11H,1-2,7,9H2,(H,16,17)(H,19,20)/t11-/m0/s1. The number of nitrogens with one attached hydrogen (secondary N) is 1. The van der Waals surface area contributed by atoms with E-state index in [2.05, 4.69) is 15.2 Å². The molecule has 3 rings (SSSR count). The second-order valence-electron chi connectivity index (χ2n) is 5.00. The average molecular weight is 272 g/mol. The summed E-state index contributed by atoms with van der Waals surface area (Å²) in [5, 5.41) is 16.4. The molecule has 0 aliphatic carbocycles. The smallest absolute Gasteiger partial charge is 0.308 e. The Morgan fingerprint density at radius 3 is 2.95 bits per heavy atom. The van der Waals surface area contributed by atoms with Gasteiger partial charge in [0.05, 0.1) is 11.6 Å². The van der Waals surface area contributed by atoms with Crippen LogP contribution in [0, 0.1) is 5.92 Å². The minimum absolute atomic E-state index is 0.301. The summed E-state index contributed by atoms with van der Waals surface area (Å²) < 4.78 is 0. The van der Waals surface area contributed by atoms with Crippen LogP contribution in [-0.4, -0.2) is 39.3 Å². The first-order chi connectivity index (χ1) is 9.74. The Balaban J connectivity index is 1.78. The van der Waals surface area contributed by atoms with Crippen LogP contribution >= 0.6 is 0 Å². The minimum atomic E-state index is -0.723. The highest BCUT2D eigenvalue weighted by atomic mass is 16.4. The van der Waals surface area contributed by atoms with Crippen molar-refractivity contribution < 1.29 is 9.90 Å². The minimum Gasteiger partial charge on any atom is -0.481 e. The summed E-state index contributed by atoms with van der Waals surface area (Å²) in [7, 11) is 0. The van der Waals surface area contributed by atoms with Gasteiger partial charge in [-0.05, 0) is 25.0 Å². The quantitative estimate of drug-likeness (QED) is 0.890. The molecule has 0 unspecified atom stereocenters. The summed E-state index contributed by atoms with van der Waals surface area (Å²) in [6.45, 7) is 1.38. The Kier molecular flexibility index (Phi) is 3.37. The molecule has 0 spiro atoms. The van der Waals surface area contributed by atoms with Crippen LogP contribution in [0.1, 0.15) is 12.8 Å². The van der Waals surface area contributed by atoms with Gasteiger partial charge in [0.1, 0.15) is 0 Å². The molecule has 3 heterocycles. The van der Waals surface area contributed by atoms with E-state index in [0.29, 0.717) is 6.54 Å². The number of carboxylic acids is 1. The number of hydrogen-bond donors (Lipinski definition) is 2. The Bertz CT molecular complexity index is 596. The molecule has 1 aliphatic heterocycles. The number of piperidine rings is 1. The van der Waals surface area contributed by atoms with E-state index in [1.165, 1.54) is 0 Å². The van der Waals surface area contributed by atoms with E-state index < -0.39 is 5.97 Å². The summed E-state index contributed by atoms with van der Waals surface area (Å²) in [6, 6.07) is 5.78. The number of aliphatic carboxylic acids is 1. The third-order valence-corrected chi connectivity index (χ3v) is 3.65. The predicted molar refractivity (Wildman–Crippen MR) is 74.4 cm³/mol. The SMILES string of the molecule is O=C(O)[C@H]1CCCN(c2cc(-c3ccncc3)[nH]n2)C1. The maximum absolute atomic E-state index is 11.1. The van der Waals surface area contributed by atoms with Gasteiger partial charge < -0.3 is 10.0 Å². The monoisotopic (exact) mass is 272 g/mol. The van der Waals surface area contributed by atoms with Crippen LogP contribution in [0.5, 0.6) is 0 Å². The van der Waals surface area contributed by atoms with Crippen molar-refractivity contribution in [2.45, 2.75) is 12.8 Å². The molecule has 0 bridgehead atoms. The van der Waals surface area contributed by atoms with Crippen molar-refractivity contribution in [3.63, 3.8) is 0 Å². The fourth-order valence-electron chi connectivity index (χ4n) is 2.54. The van der Waals surface area contributed by atoms with E-state index in [1.54, 1.807) is 12.4 Å². The van der Waals surface area contributed by atoms with E-state index >= 15 is 0 Å². The molecule has 6 nitrogen and oxygen atoms in total. The number of carboxylic acid groups (broad SMARTS) is 1. The number of hydrogen-bond acceptors (Lipinski definition) is 4. The first kappa shape index (κ1) is 12.7. The molecule has 2 aromatic rings. The van der Waals surface area contributed by atoms with Gasteiger partial charge in [0, 0.05) is 37.1 Å².